The lowest BCUT2D eigenvalue weighted by molar-refractivity contribution is 0.101. The van der Waals surface area contributed by atoms with Crippen LogP contribution >= 0.6 is 0 Å². The predicted octanol–water partition coefficient (Wildman–Crippen LogP) is 1.53. The lowest BCUT2D eigenvalue weighted by Crippen LogP contribution is -2.42. The van der Waals surface area contributed by atoms with Crippen LogP contribution < -0.4 is 11.2 Å². The molecule has 1 atom stereocenters. The van der Waals surface area contributed by atoms with Crippen LogP contribution in [0.3, 0.4) is 0 Å². The van der Waals surface area contributed by atoms with E-state index in [1.807, 2.05) is 6.07 Å². The van der Waals surface area contributed by atoms with Gasteiger partial charge < -0.3 is 5.11 Å². The number of hydrogen-bond donors (Lipinski definition) is 1. The first-order valence-corrected chi connectivity index (χ1v) is 7.08. The molecule has 0 aliphatic rings. The smallest absolute Gasteiger partial charge is 0.339 e. The fourth-order valence-electron chi connectivity index (χ4n) is 2.37. The monoisotopic (exact) mass is 325 g/mol. The van der Waals surface area contributed by atoms with Gasteiger partial charge in [0, 0.05) is 0 Å². The topological polar surface area (TPSA) is 105 Å². The molecular formula is C17H15N3O4. The molecule has 1 heterocycles. The Morgan fingerprint density at radius 1 is 1.38 bits per heavy atom. The van der Waals surface area contributed by atoms with Crippen LogP contribution in [0.5, 0.6) is 5.88 Å². The summed E-state index contributed by atoms with van der Waals surface area (Å²) in [5, 5.41) is 19.4. The van der Waals surface area contributed by atoms with Crippen molar-refractivity contribution in [3.63, 3.8) is 0 Å². The van der Waals surface area contributed by atoms with Crippen LogP contribution in [0.25, 0.3) is 5.69 Å². The highest BCUT2D eigenvalue weighted by Gasteiger charge is 2.25. The fraction of sp³-hybridized carbons (Fsp3) is 0.176. The van der Waals surface area contributed by atoms with Crippen LogP contribution in [0.4, 0.5) is 0 Å². The summed E-state index contributed by atoms with van der Waals surface area (Å²) in [6.07, 6.45) is 1.38. The number of ketones is 1. The van der Waals surface area contributed by atoms with Gasteiger partial charge in [0.15, 0.2) is 5.78 Å². The van der Waals surface area contributed by atoms with E-state index < -0.39 is 34.5 Å². The number of aromatic nitrogens is 2. The van der Waals surface area contributed by atoms with Crippen LogP contribution in [0.2, 0.25) is 0 Å². The van der Waals surface area contributed by atoms with Crippen molar-refractivity contribution in [2.24, 2.45) is 0 Å². The van der Waals surface area contributed by atoms with E-state index >= 15 is 0 Å². The van der Waals surface area contributed by atoms with Gasteiger partial charge in [0.2, 0.25) is 5.88 Å². The van der Waals surface area contributed by atoms with Crippen molar-refractivity contribution in [2.45, 2.75) is 19.9 Å². The molecule has 1 N–H and O–H groups in total. The molecule has 0 amide bonds. The number of nitriles is 1. The molecule has 2 rings (SSSR count). The molecule has 1 unspecified atom stereocenters. The van der Waals surface area contributed by atoms with Crippen LogP contribution in [-0.2, 0) is 0 Å². The minimum Gasteiger partial charge on any atom is -0.494 e. The summed E-state index contributed by atoms with van der Waals surface area (Å²) in [6, 6.07) is 7.25. The van der Waals surface area contributed by atoms with Crippen LogP contribution in [-0.4, -0.2) is 20.0 Å². The van der Waals surface area contributed by atoms with E-state index in [-0.39, 0.29) is 11.3 Å². The number of nitrogens with zero attached hydrogens (tertiary/aromatic N) is 3. The Bertz CT molecular complexity index is 992. The molecule has 0 aliphatic carbocycles. The highest BCUT2D eigenvalue weighted by molar-refractivity contribution is 5.95. The number of Topliss-reactive ketones (excluding diaryl/α,β-unsaturated/α-hetero) is 1. The van der Waals surface area contributed by atoms with Gasteiger partial charge in [0.25, 0.3) is 5.56 Å². The number of para-hydroxylation sites is 1. The van der Waals surface area contributed by atoms with Gasteiger partial charge in [-0.25, -0.2) is 9.36 Å². The zero-order valence-electron chi connectivity index (χ0n) is 13.2. The van der Waals surface area contributed by atoms with E-state index in [2.05, 4.69) is 6.58 Å². The normalized spacial score (nSPS) is 11.5. The molecule has 7 nitrogen and oxygen atoms in total. The van der Waals surface area contributed by atoms with E-state index in [1.165, 1.54) is 18.2 Å². The molecule has 122 valence electrons. The average Bonchev–Trinajstić information content (AvgIpc) is 2.54. The third kappa shape index (κ3) is 2.54. The Morgan fingerprint density at radius 2 is 2.00 bits per heavy atom. The Hall–Kier alpha value is -3.40. The second kappa shape index (κ2) is 6.38. The molecule has 24 heavy (non-hydrogen) atoms. The van der Waals surface area contributed by atoms with Gasteiger partial charge in [-0.1, -0.05) is 18.2 Å². The molecule has 0 fully saturated rings. The minimum absolute atomic E-state index is 0.0440. The molecule has 2 aromatic rings. The predicted molar refractivity (Wildman–Crippen MR) is 87.6 cm³/mol. The molecule has 1 aromatic heterocycles. The number of allylic oxidation sites excluding steroid dienone is 1. The molecular weight excluding hydrogens is 310 g/mol. The van der Waals surface area contributed by atoms with Crippen molar-refractivity contribution in [1.29, 1.82) is 5.26 Å². The summed E-state index contributed by atoms with van der Waals surface area (Å²) in [5.41, 5.74) is -2.22. The second-order valence-electron chi connectivity index (χ2n) is 5.15. The van der Waals surface area contributed by atoms with Crippen molar-refractivity contribution in [1.82, 2.24) is 9.13 Å². The molecule has 0 saturated heterocycles. The second-order valence-corrected chi connectivity index (χ2v) is 5.15. The number of hydrogen-bond acceptors (Lipinski definition) is 5. The third-order valence-electron chi connectivity index (χ3n) is 3.63. The van der Waals surface area contributed by atoms with E-state index in [9.17, 15) is 24.8 Å². The standard InChI is InChI=1S/C17H15N3O4/c1-4-10(2)19-15(22)14(11(3)21)16(23)20(17(19)24)13-8-6-5-7-12(13)9-18/h4-8,10,22H,1H2,2-3H3. The summed E-state index contributed by atoms with van der Waals surface area (Å²) in [7, 11) is 0. The Balaban J connectivity index is 3.08. The van der Waals surface area contributed by atoms with Crippen LogP contribution in [0.15, 0.2) is 46.5 Å². The fourth-order valence-corrected chi connectivity index (χ4v) is 2.37. The van der Waals surface area contributed by atoms with Crippen LogP contribution in [0, 0.1) is 11.3 Å². The summed E-state index contributed by atoms with van der Waals surface area (Å²) < 4.78 is 1.61. The van der Waals surface area contributed by atoms with E-state index in [0.717, 1.165) is 16.1 Å². The lowest BCUT2D eigenvalue weighted by Gasteiger charge is -2.18. The number of aromatic hydroxyl groups is 1. The number of rotatable bonds is 4. The molecule has 0 bridgehead atoms. The van der Waals surface area contributed by atoms with Gasteiger partial charge in [0.1, 0.15) is 11.6 Å². The van der Waals surface area contributed by atoms with Crippen molar-refractivity contribution in [2.75, 3.05) is 0 Å². The quantitative estimate of drug-likeness (QED) is 0.678. The van der Waals surface area contributed by atoms with E-state index in [4.69, 9.17) is 0 Å². The summed E-state index contributed by atoms with van der Waals surface area (Å²) in [6.45, 7) is 6.24. The molecule has 0 spiro atoms. The zero-order chi connectivity index (χ0) is 18.0. The lowest BCUT2D eigenvalue weighted by atomic mass is 10.1. The van der Waals surface area contributed by atoms with Gasteiger partial charge >= 0.3 is 5.69 Å². The van der Waals surface area contributed by atoms with Gasteiger partial charge in [-0.2, -0.15) is 5.26 Å². The number of carbonyl (C=O) groups is 1. The minimum atomic E-state index is -0.972. The molecule has 7 heteroatoms. The molecule has 0 aliphatic heterocycles. The van der Waals surface area contributed by atoms with Crippen LogP contribution in [0.1, 0.15) is 35.8 Å². The Morgan fingerprint density at radius 3 is 2.54 bits per heavy atom. The first-order chi connectivity index (χ1) is 11.3. The zero-order valence-corrected chi connectivity index (χ0v) is 13.2. The van der Waals surface area contributed by atoms with Gasteiger partial charge in [0.05, 0.1) is 17.3 Å². The maximum absolute atomic E-state index is 12.8. The summed E-state index contributed by atoms with van der Waals surface area (Å²) >= 11 is 0. The Labute approximate surface area is 137 Å². The van der Waals surface area contributed by atoms with E-state index in [1.54, 1.807) is 19.1 Å². The number of carbonyl (C=O) groups excluding carboxylic acids is 1. The molecule has 1 aromatic carbocycles. The molecule has 0 saturated carbocycles. The van der Waals surface area contributed by atoms with E-state index in [0.29, 0.717) is 0 Å². The third-order valence-corrected chi connectivity index (χ3v) is 3.63. The largest absolute Gasteiger partial charge is 0.494 e. The highest BCUT2D eigenvalue weighted by Crippen LogP contribution is 2.19. The first-order valence-electron chi connectivity index (χ1n) is 7.08. The maximum Gasteiger partial charge on any atom is 0.339 e. The van der Waals surface area contributed by atoms with Gasteiger partial charge in [-0.3, -0.25) is 14.2 Å². The summed E-state index contributed by atoms with van der Waals surface area (Å²) in [5.74, 6) is -1.40. The highest BCUT2D eigenvalue weighted by atomic mass is 16.3. The van der Waals surface area contributed by atoms with Crippen molar-refractivity contribution in [3.05, 3.63) is 68.9 Å². The van der Waals surface area contributed by atoms with Crippen molar-refractivity contribution >= 4 is 5.78 Å². The average molecular weight is 325 g/mol. The van der Waals surface area contributed by atoms with Gasteiger partial charge in [-0.15, -0.1) is 6.58 Å². The van der Waals surface area contributed by atoms with Crippen molar-refractivity contribution in [3.8, 4) is 17.6 Å². The summed E-state index contributed by atoms with van der Waals surface area (Å²) in [4.78, 5) is 37.2. The molecule has 0 radical (unpaired) electrons. The Kier molecular flexibility index (Phi) is 4.51. The SMILES string of the molecule is C=CC(C)n1c(O)c(C(C)=O)c(=O)n(-c2ccccc2C#N)c1=O. The van der Waals surface area contributed by atoms with Gasteiger partial charge in [-0.05, 0) is 26.0 Å². The van der Waals surface area contributed by atoms with Crippen molar-refractivity contribution < 1.29 is 9.90 Å². The maximum atomic E-state index is 12.8. The number of benzene rings is 1. The first kappa shape index (κ1) is 17.0.